The monoisotopic (exact) mass is 379 g/mol. The van der Waals surface area contributed by atoms with Crippen LogP contribution in [0.15, 0.2) is 36.8 Å². The fourth-order valence-corrected chi connectivity index (χ4v) is 4.42. The highest BCUT2D eigenvalue weighted by Crippen LogP contribution is 2.43. The molecule has 1 aromatic carbocycles. The molecule has 0 bridgehead atoms. The van der Waals surface area contributed by atoms with Crippen molar-refractivity contribution in [3.63, 3.8) is 0 Å². The van der Waals surface area contributed by atoms with Crippen molar-refractivity contribution in [2.75, 3.05) is 19.7 Å². The number of tetrazole rings is 1. The number of aryl methyl sites for hydroxylation is 1. The number of hydrogen-bond donors (Lipinski definition) is 1. The molecule has 9 heteroatoms. The molecule has 9 nitrogen and oxygen atoms in total. The van der Waals surface area contributed by atoms with E-state index in [2.05, 4.69) is 25.7 Å². The third kappa shape index (κ3) is 2.92. The van der Waals surface area contributed by atoms with Crippen LogP contribution in [0, 0.1) is 0 Å². The number of amides is 1. The first kappa shape index (κ1) is 16.9. The van der Waals surface area contributed by atoms with Gasteiger partial charge in [0.2, 0.25) is 0 Å². The Morgan fingerprint density at radius 1 is 1.25 bits per heavy atom. The molecule has 1 aliphatic carbocycles. The maximum absolute atomic E-state index is 12.8. The largest absolute Gasteiger partial charge is 0.484 e. The molecule has 3 aromatic rings. The van der Waals surface area contributed by atoms with Gasteiger partial charge in [-0.25, -0.2) is 4.68 Å². The molecule has 0 radical (unpaired) electrons. The summed E-state index contributed by atoms with van der Waals surface area (Å²) in [6, 6.07) is 7.33. The van der Waals surface area contributed by atoms with Gasteiger partial charge in [0, 0.05) is 24.2 Å². The Morgan fingerprint density at radius 2 is 2.14 bits per heavy atom. The van der Waals surface area contributed by atoms with E-state index in [1.807, 2.05) is 35.4 Å². The summed E-state index contributed by atoms with van der Waals surface area (Å²) >= 11 is 0. The molecule has 1 amide bonds. The van der Waals surface area contributed by atoms with Crippen molar-refractivity contribution in [1.29, 1.82) is 0 Å². The Morgan fingerprint density at radius 3 is 2.96 bits per heavy atom. The summed E-state index contributed by atoms with van der Waals surface area (Å²) in [5, 5.41) is 18.5. The summed E-state index contributed by atoms with van der Waals surface area (Å²) in [6.45, 7) is 1.56. The number of benzene rings is 1. The van der Waals surface area contributed by atoms with Gasteiger partial charge in [0.1, 0.15) is 12.1 Å². The molecule has 144 valence electrons. The molecular weight excluding hydrogens is 358 g/mol. The molecule has 1 unspecified atom stereocenters. The summed E-state index contributed by atoms with van der Waals surface area (Å²) in [6.07, 6.45) is 7.68. The van der Waals surface area contributed by atoms with Crippen LogP contribution in [0.25, 0.3) is 5.69 Å². The van der Waals surface area contributed by atoms with E-state index in [0.717, 1.165) is 44.5 Å². The van der Waals surface area contributed by atoms with Gasteiger partial charge in [-0.2, -0.15) is 5.10 Å². The molecule has 1 spiro atoms. The number of aromatic amines is 1. The third-order valence-corrected chi connectivity index (χ3v) is 5.86. The number of fused-ring (bicyclic) bond motifs is 2. The van der Waals surface area contributed by atoms with Crippen molar-refractivity contribution in [2.24, 2.45) is 0 Å². The Hall–Kier alpha value is -3.23. The van der Waals surface area contributed by atoms with Gasteiger partial charge in [-0.1, -0.05) is 0 Å². The maximum Gasteiger partial charge on any atom is 0.260 e. The van der Waals surface area contributed by atoms with Crippen molar-refractivity contribution >= 4 is 5.91 Å². The minimum Gasteiger partial charge on any atom is -0.484 e. The quantitative estimate of drug-likeness (QED) is 0.732. The highest BCUT2D eigenvalue weighted by Gasteiger charge is 2.44. The second-order valence-electron chi connectivity index (χ2n) is 7.51. The van der Waals surface area contributed by atoms with Gasteiger partial charge in [0.25, 0.3) is 5.91 Å². The van der Waals surface area contributed by atoms with E-state index in [-0.39, 0.29) is 17.9 Å². The number of nitrogens with one attached hydrogen (secondary N) is 1. The topological polar surface area (TPSA) is 102 Å². The zero-order chi connectivity index (χ0) is 19.0. The minimum atomic E-state index is 0.0246. The number of piperidine rings is 1. The van der Waals surface area contributed by atoms with Crippen molar-refractivity contribution < 1.29 is 9.53 Å². The fourth-order valence-electron chi connectivity index (χ4n) is 4.42. The van der Waals surface area contributed by atoms with E-state index >= 15 is 0 Å². The first-order chi connectivity index (χ1) is 13.7. The highest BCUT2D eigenvalue weighted by molar-refractivity contribution is 5.78. The SMILES string of the molecule is O=C(COc1ccc(-n2cnnn2)cc1)N1CCCC2(CCc3cn[nH]c32)C1. The van der Waals surface area contributed by atoms with Gasteiger partial charge >= 0.3 is 0 Å². The summed E-state index contributed by atoms with van der Waals surface area (Å²) in [7, 11) is 0. The molecule has 1 aliphatic heterocycles. The van der Waals surface area contributed by atoms with E-state index in [0.29, 0.717) is 5.75 Å². The Bertz CT molecular complexity index is 967. The van der Waals surface area contributed by atoms with E-state index in [1.54, 1.807) is 4.68 Å². The van der Waals surface area contributed by atoms with E-state index in [9.17, 15) is 4.79 Å². The number of carbonyl (C=O) groups is 1. The second kappa shape index (κ2) is 6.74. The Labute approximate surface area is 161 Å². The zero-order valence-corrected chi connectivity index (χ0v) is 15.4. The molecule has 1 saturated heterocycles. The van der Waals surface area contributed by atoms with Crippen LogP contribution < -0.4 is 4.74 Å². The predicted octanol–water partition coefficient (Wildman–Crippen LogP) is 1.27. The van der Waals surface area contributed by atoms with E-state index in [1.165, 1.54) is 17.6 Å². The molecule has 5 rings (SSSR count). The lowest BCUT2D eigenvalue weighted by Crippen LogP contribution is -2.49. The molecule has 1 N–H and O–H groups in total. The molecule has 3 heterocycles. The number of rotatable bonds is 4. The first-order valence-corrected chi connectivity index (χ1v) is 9.50. The maximum atomic E-state index is 12.8. The van der Waals surface area contributed by atoms with Gasteiger partial charge in [-0.05, 0) is 65.9 Å². The molecule has 28 heavy (non-hydrogen) atoms. The lowest BCUT2D eigenvalue weighted by Gasteiger charge is -2.40. The van der Waals surface area contributed by atoms with Crippen LogP contribution in [0.1, 0.15) is 30.5 Å². The van der Waals surface area contributed by atoms with Crippen LogP contribution in [0.3, 0.4) is 0 Å². The number of nitrogens with zero attached hydrogens (tertiary/aromatic N) is 6. The van der Waals surface area contributed by atoms with E-state index < -0.39 is 0 Å². The zero-order valence-electron chi connectivity index (χ0n) is 15.4. The van der Waals surface area contributed by atoms with Crippen LogP contribution in [0.2, 0.25) is 0 Å². The first-order valence-electron chi connectivity index (χ1n) is 9.50. The van der Waals surface area contributed by atoms with Crippen molar-refractivity contribution in [2.45, 2.75) is 31.1 Å². The predicted molar refractivity (Wildman–Crippen MR) is 99.0 cm³/mol. The molecule has 2 aromatic heterocycles. The Kier molecular flexibility index (Phi) is 4.07. The number of likely N-dealkylation sites (tertiary alicyclic amines) is 1. The van der Waals surface area contributed by atoms with E-state index in [4.69, 9.17) is 4.74 Å². The number of carbonyl (C=O) groups excluding carboxylic acids is 1. The Balaban J connectivity index is 1.21. The van der Waals surface area contributed by atoms with Gasteiger partial charge in [-0.3, -0.25) is 9.89 Å². The minimum absolute atomic E-state index is 0.0246. The lowest BCUT2D eigenvalue weighted by molar-refractivity contribution is -0.135. The fraction of sp³-hybridized carbons (Fsp3) is 0.421. The van der Waals surface area contributed by atoms with Crippen LogP contribution in [-0.4, -0.2) is 60.9 Å². The lowest BCUT2D eigenvalue weighted by atomic mass is 9.77. The molecule has 1 fully saturated rings. The van der Waals surface area contributed by atoms with Crippen molar-refractivity contribution in [3.8, 4) is 11.4 Å². The van der Waals surface area contributed by atoms with Crippen molar-refractivity contribution in [1.82, 2.24) is 35.3 Å². The smallest absolute Gasteiger partial charge is 0.260 e. The number of ether oxygens (including phenoxy) is 1. The molecule has 0 saturated carbocycles. The third-order valence-electron chi connectivity index (χ3n) is 5.86. The summed E-state index contributed by atoms with van der Waals surface area (Å²) in [5.74, 6) is 0.671. The van der Waals surface area contributed by atoms with Crippen LogP contribution in [-0.2, 0) is 16.6 Å². The summed E-state index contributed by atoms with van der Waals surface area (Å²) in [4.78, 5) is 14.7. The number of aromatic nitrogens is 6. The van der Waals surface area contributed by atoms with Crippen LogP contribution >= 0.6 is 0 Å². The van der Waals surface area contributed by atoms with Gasteiger partial charge in [0.15, 0.2) is 6.61 Å². The van der Waals surface area contributed by atoms with Crippen LogP contribution in [0.4, 0.5) is 0 Å². The standard InChI is InChI=1S/C19H21N7O2/c27-17(11-28-16-4-2-15(3-5-16)26-13-21-23-24-26)25-9-1-7-19(12-25)8-6-14-10-20-22-18(14)19/h2-5,10,13H,1,6-9,11-12H2,(H,20,22). The number of H-pyrrole nitrogens is 1. The van der Waals surface area contributed by atoms with Gasteiger partial charge < -0.3 is 9.64 Å². The average Bonchev–Trinajstić information content (AvgIpc) is 3.47. The van der Waals surface area contributed by atoms with Gasteiger partial charge in [-0.15, -0.1) is 5.10 Å². The molecular formula is C19H21N7O2. The molecule has 2 aliphatic rings. The summed E-state index contributed by atoms with van der Waals surface area (Å²) < 4.78 is 7.29. The van der Waals surface area contributed by atoms with Crippen molar-refractivity contribution in [3.05, 3.63) is 48.0 Å². The normalized spacial score (nSPS) is 21.1. The number of hydrogen-bond acceptors (Lipinski definition) is 6. The van der Waals surface area contributed by atoms with Crippen LogP contribution in [0.5, 0.6) is 5.75 Å². The highest BCUT2D eigenvalue weighted by atomic mass is 16.5. The second-order valence-corrected chi connectivity index (χ2v) is 7.51. The summed E-state index contributed by atoms with van der Waals surface area (Å²) in [5.41, 5.74) is 3.39. The average molecular weight is 379 g/mol. The molecule has 1 atom stereocenters. The van der Waals surface area contributed by atoms with Gasteiger partial charge in [0.05, 0.1) is 11.9 Å².